The second-order valence-corrected chi connectivity index (χ2v) is 7.62. The number of hydrogen-bond acceptors (Lipinski definition) is 2. The van der Waals surface area contributed by atoms with E-state index in [1.54, 1.807) is 0 Å². The van der Waals surface area contributed by atoms with E-state index in [0.29, 0.717) is 6.54 Å². The van der Waals surface area contributed by atoms with Crippen molar-refractivity contribution in [2.45, 2.75) is 13.3 Å². The molecule has 3 aromatic carbocycles. The second kappa shape index (κ2) is 8.50. The van der Waals surface area contributed by atoms with Crippen molar-refractivity contribution >= 4 is 29.0 Å². The van der Waals surface area contributed by atoms with E-state index < -0.39 is 0 Å². The molecule has 2 amide bonds. The molecule has 0 aromatic heterocycles. The number of hydrazone groups is 1. The summed E-state index contributed by atoms with van der Waals surface area (Å²) in [5.74, 6) is 0.111. The van der Waals surface area contributed by atoms with Crippen molar-refractivity contribution in [2.24, 2.45) is 11.0 Å². The SMILES string of the molecule is Cc1cc(C2=NN(C(=O)Nc3ccccc3)CC2Cc2ccccc2)ccc1Cl. The zero-order chi connectivity index (χ0) is 20.2. The Kier molecular flexibility index (Phi) is 5.63. The Balaban J connectivity index is 1.61. The van der Waals surface area contributed by atoms with Crippen molar-refractivity contribution in [3.8, 4) is 0 Å². The third-order valence-corrected chi connectivity index (χ3v) is 5.47. The van der Waals surface area contributed by atoms with E-state index in [2.05, 4.69) is 17.4 Å². The molecular formula is C24H22ClN3O. The molecule has 1 unspecified atom stereocenters. The lowest BCUT2D eigenvalue weighted by Gasteiger charge is -2.16. The van der Waals surface area contributed by atoms with Gasteiger partial charge in [-0.15, -0.1) is 0 Å². The van der Waals surface area contributed by atoms with Gasteiger partial charge in [-0.3, -0.25) is 0 Å². The van der Waals surface area contributed by atoms with Crippen LogP contribution in [0.4, 0.5) is 10.5 Å². The number of hydrogen-bond donors (Lipinski definition) is 1. The number of nitrogens with zero attached hydrogens (tertiary/aromatic N) is 2. The molecule has 3 aromatic rings. The Morgan fingerprint density at radius 1 is 1.07 bits per heavy atom. The summed E-state index contributed by atoms with van der Waals surface area (Å²) in [5, 5.41) is 9.87. The minimum absolute atomic E-state index is 0.111. The molecule has 4 nitrogen and oxygen atoms in total. The van der Waals surface area contributed by atoms with Gasteiger partial charge in [-0.1, -0.05) is 66.2 Å². The topological polar surface area (TPSA) is 44.7 Å². The first-order valence-electron chi connectivity index (χ1n) is 9.62. The lowest BCUT2D eigenvalue weighted by Crippen LogP contribution is -2.31. The van der Waals surface area contributed by atoms with Gasteiger partial charge in [-0.25, -0.2) is 9.80 Å². The number of rotatable bonds is 4. The molecule has 4 rings (SSSR count). The predicted molar refractivity (Wildman–Crippen MR) is 119 cm³/mol. The summed E-state index contributed by atoms with van der Waals surface area (Å²) in [6.45, 7) is 2.51. The second-order valence-electron chi connectivity index (χ2n) is 7.21. The van der Waals surface area contributed by atoms with Crippen LogP contribution in [0.15, 0.2) is 84.0 Å². The van der Waals surface area contributed by atoms with Crippen LogP contribution in [0.2, 0.25) is 5.02 Å². The fourth-order valence-electron chi connectivity index (χ4n) is 3.54. The Bertz CT molecular complexity index is 1030. The van der Waals surface area contributed by atoms with Gasteiger partial charge >= 0.3 is 6.03 Å². The van der Waals surface area contributed by atoms with E-state index in [1.165, 1.54) is 10.6 Å². The highest BCUT2D eigenvalue weighted by Gasteiger charge is 2.31. The minimum atomic E-state index is -0.227. The van der Waals surface area contributed by atoms with Gasteiger partial charge in [-0.05, 0) is 54.3 Å². The quantitative estimate of drug-likeness (QED) is 0.591. The van der Waals surface area contributed by atoms with E-state index in [0.717, 1.165) is 34.0 Å². The van der Waals surface area contributed by atoms with Crippen molar-refractivity contribution in [1.29, 1.82) is 0 Å². The first-order chi connectivity index (χ1) is 14.1. The molecule has 0 radical (unpaired) electrons. The van der Waals surface area contributed by atoms with Gasteiger partial charge in [0.25, 0.3) is 0 Å². The molecule has 1 heterocycles. The average Bonchev–Trinajstić information content (AvgIpc) is 3.15. The van der Waals surface area contributed by atoms with Crippen LogP contribution in [0, 0.1) is 12.8 Å². The molecule has 0 fully saturated rings. The zero-order valence-electron chi connectivity index (χ0n) is 16.2. The van der Waals surface area contributed by atoms with Gasteiger partial charge in [0.2, 0.25) is 0 Å². The van der Waals surface area contributed by atoms with Gasteiger partial charge in [0.1, 0.15) is 0 Å². The summed E-state index contributed by atoms with van der Waals surface area (Å²) in [4.78, 5) is 12.8. The summed E-state index contributed by atoms with van der Waals surface area (Å²) in [6, 6.07) is 25.4. The highest BCUT2D eigenvalue weighted by atomic mass is 35.5. The number of aryl methyl sites for hydroxylation is 1. The number of halogens is 1. The lowest BCUT2D eigenvalue weighted by molar-refractivity contribution is 0.215. The maximum Gasteiger partial charge on any atom is 0.342 e. The normalized spacial score (nSPS) is 15.9. The van der Waals surface area contributed by atoms with Crippen molar-refractivity contribution in [1.82, 2.24) is 5.01 Å². The molecule has 146 valence electrons. The fraction of sp³-hybridized carbons (Fsp3) is 0.167. The van der Waals surface area contributed by atoms with Crippen LogP contribution in [-0.2, 0) is 6.42 Å². The van der Waals surface area contributed by atoms with Crippen molar-refractivity contribution in [2.75, 3.05) is 11.9 Å². The number of carbonyl (C=O) groups is 1. The van der Waals surface area contributed by atoms with E-state index in [1.807, 2.05) is 73.7 Å². The Morgan fingerprint density at radius 3 is 2.45 bits per heavy atom. The third-order valence-electron chi connectivity index (χ3n) is 5.05. The predicted octanol–water partition coefficient (Wildman–Crippen LogP) is 5.76. The highest BCUT2D eigenvalue weighted by molar-refractivity contribution is 6.31. The van der Waals surface area contributed by atoms with Crippen LogP contribution in [0.1, 0.15) is 16.7 Å². The maximum absolute atomic E-state index is 12.8. The first kappa shape index (κ1) is 19.2. The Hall–Kier alpha value is -3.11. The smallest absolute Gasteiger partial charge is 0.306 e. The molecule has 29 heavy (non-hydrogen) atoms. The van der Waals surface area contributed by atoms with Crippen LogP contribution in [0.25, 0.3) is 0 Å². The van der Waals surface area contributed by atoms with Crippen molar-refractivity contribution in [3.05, 3.63) is 101 Å². The fourth-order valence-corrected chi connectivity index (χ4v) is 3.66. The standard InChI is InChI=1S/C24H22ClN3O/c1-17-14-19(12-13-22(17)25)23-20(15-18-8-4-2-5-9-18)16-28(27-23)24(29)26-21-10-6-3-7-11-21/h2-14,20H,15-16H2,1H3,(H,26,29). The largest absolute Gasteiger partial charge is 0.342 e. The average molecular weight is 404 g/mol. The lowest BCUT2D eigenvalue weighted by atomic mass is 9.91. The summed E-state index contributed by atoms with van der Waals surface area (Å²) in [6.07, 6.45) is 0.816. The summed E-state index contributed by atoms with van der Waals surface area (Å²) in [5.41, 5.74) is 4.89. The van der Waals surface area contributed by atoms with Gasteiger partial charge in [0.05, 0.1) is 12.3 Å². The summed E-state index contributed by atoms with van der Waals surface area (Å²) >= 11 is 6.21. The summed E-state index contributed by atoms with van der Waals surface area (Å²) in [7, 11) is 0. The number of carbonyl (C=O) groups excluding carboxylic acids is 1. The zero-order valence-corrected chi connectivity index (χ0v) is 16.9. The van der Waals surface area contributed by atoms with Gasteiger partial charge in [0.15, 0.2) is 0 Å². The Morgan fingerprint density at radius 2 is 1.76 bits per heavy atom. The summed E-state index contributed by atoms with van der Waals surface area (Å²) < 4.78 is 0. The molecule has 0 saturated carbocycles. The molecule has 1 aliphatic rings. The van der Waals surface area contributed by atoms with Gasteiger partial charge in [0, 0.05) is 16.6 Å². The van der Waals surface area contributed by atoms with E-state index in [9.17, 15) is 4.79 Å². The monoisotopic (exact) mass is 403 g/mol. The minimum Gasteiger partial charge on any atom is -0.306 e. The Labute approximate surface area is 175 Å². The van der Waals surface area contributed by atoms with Crippen LogP contribution in [-0.4, -0.2) is 23.3 Å². The molecule has 0 aliphatic carbocycles. The maximum atomic E-state index is 12.8. The number of amides is 2. The number of anilines is 1. The number of urea groups is 1. The number of benzene rings is 3. The molecular weight excluding hydrogens is 382 g/mol. The molecule has 0 bridgehead atoms. The van der Waals surface area contributed by atoms with E-state index in [-0.39, 0.29) is 11.9 Å². The third kappa shape index (κ3) is 4.49. The van der Waals surface area contributed by atoms with E-state index >= 15 is 0 Å². The van der Waals surface area contributed by atoms with Gasteiger partial charge < -0.3 is 5.32 Å². The molecule has 0 saturated heterocycles. The van der Waals surface area contributed by atoms with E-state index in [4.69, 9.17) is 16.7 Å². The molecule has 1 aliphatic heterocycles. The van der Waals surface area contributed by atoms with Gasteiger partial charge in [-0.2, -0.15) is 5.10 Å². The van der Waals surface area contributed by atoms with Crippen molar-refractivity contribution < 1.29 is 4.79 Å². The highest BCUT2D eigenvalue weighted by Crippen LogP contribution is 2.26. The molecule has 0 spiro atoms. The number of nitrogens with one attached hydrogen (secondary N) is 1. The first-order valence-corrected chi connectivity index (χ1v) is 10.0. The molecule has 1 N–H and O–H groups in total. The van der Waals surface area contributed by atoms with Crippen LogP contribution in [0.5, 0.6) is 0 Å². The van der Waals surface area contributed by atoms with Crippen LogP contribution < -0.4 is 5.32 Å². The van der Waals surface area contributed by atoms with Crippen LogP contribution in [0.3, 0.4) is 0 Å². The molecule has 1 atom stereocenters. The molecule has 5 heteroatoms. The van der Waals surface area contributed by atoms with Crippen LogP contribution >= 0.6 is 11.6 Å². The van der Waals surface area contributed by atoms with Crippen molar-refractivity contribution in [3.63, 3.8) is 0 Å². The number of para-hydroxylation sites is 1.